The van der Waals surface area contributed by atoms with Crippen LogP contribution in [0.25, 0.3) is 0 Å². The molecule has 0 saturated heterocycles. The highest BCUT2D eigenvalue weighted by Gasteiger charge is 2.18. The topological polar surface area (TPSA) is 76.1 Å². The fraction of sp³-hybridized carbons (Fsp3) is 0.250. The average Bonchev–Trinajstić information content (AvgIpc) is 3.04. The number of hydrogen-bond acceptors (Lipinski definition) is 5. The lowest BCUT2D eigenvalue weighted by Gasteiger charge is -2.18. The van der Waals surface area contributed by atoms with Gasteiger partial charge in [0.25, 0.3) is 5.91 Å². The van der Waals surface area contributed by atoms with Crippen LogP contribution in [0.2, 0.25) is 0 Å². The summed E-state index contributed by atoms with van der Waals surface area (Å²) < 4.78 is 34.3. The number of carboxylic acid groups (broad SMARTS) is 1. The Bertz CT molecular complexity index is 778. The minimum atomic E-state index is -3.00. The van der Waals surface area contributed by atoms with E-state index < -0.39 is 12.6 Å². The van der Waals surface area contributed by atoms with E-state index in [2.05, 4.69) is 4.74 Å². The number of carbonyl (C=O) groups excluding carboxylic acids is 1. The smallest absolute Gasteiger partial charge is 0.387 e. The molecule has 1 heterocycles. The highest BCUT2D eigenvalue weighted by molar-refractivity contribution is 7.15. The van der Waals surface area contributed by atoms with Gasteiger partial charge in [0.15, 0.2) is 11.5 Å². The molecule has 0 unspecified atom stereocenters. The van der Waals surface area contributed by atoms with Crippen LogP contribution in [0.4, 0.5) is 8.78 Å². The van der Waals surface area contributed by atoms with Gasteiger partial charge in [-0.3, -0.25) is 4.79 Å². The fourth-order valence-electron chi connectivity index (χ4n) is 2.11. The Kier molecular flexibility index (Phi) is 5.92. The zero-order chi connectivity index (χ0) is 18.6. The molecule has 1 amide bonds. The Labute approximate surface area is 146 Å². The molecule has 1 N–H and O–H groups in total. The highest BCUT2D eigenvalue weighted by Crippen LogP contribution is 2.30. The quantitative estimate of drug-likeness (QED) is 0.808. The summed E-state index contributed by atoms with van der Waals surface area (Å²) in [6.07, 6.45) is 0. The molecule has 0 fully saturated rings. The number of aromatic carboxylic acids is 1. The Morgan fingerprint density at radius 1 is 1.20 bits per heavy atom. The van der Waals surface area contributed by atoms with E-state index in [1.165, 1.54) is 43.3 Å². The van der Waals surface area contributed by atoms with Crippen molar-refractivity contribution in [3.63, 3.8) is 0 Å². The molecule has 0 aliphatic heterocycles. The largest absolute Gasteiger partial charge is 0.493 e. The maximum atomic E-state index is 12.5. The molecule has 134 valence electrons. The second-order valence-corrected chi connectivity index (χ2v) is 6.08. The number of carboxylic acids is 1. The van der Waals surface area contributed by atoms with E-state index in [1.807, 2.05) is 0 Å². The van der Waals surface area contributed by atoms with Crippen molar-refractivity contribution in [1.29, 1.82) is 0 Å². The van der Waals surface area contributed by atoms with Crippen molar-refractivity contribution in [2.75, 3.05) is 14.2 Å². The molecule has 0 spiro atoms. The van der Waals surface area contributed by atoms with Gasteiger partial charge in [0, 0.05) is 13.6 Å². The first-order valence-corrected chi connectivity index (χ1v) is 7.83. The summed E-state index contributed by atoms with van der Waals surface area (Å²) in [7, 11) is 2.86. The first-order chi connectivity index (χ1) is 11.8. The molecule has 6 nitrogen and oxygen atoms in total. The van der Waals surface area contributed by atoms with E-state index >= 15 is 0 Å². The van der Waals surface area contributed by atoms with Gasteiger partial charge in [0.1, 0.15) is 4.88 Å². The van der Waals surface area contributed by atoms with Crippen molar-refractivity contribution in [2.45, 2.75) is 13.2 Å². The first kappa shape index (κ1) is 18.7. The molecule has 0 bridgehead atoms. The summed E-state index contributed by atoms with van der Waals surface area (Å²) in [4.78, 5) is 24.9. The number of methoxy groups -OCH3 is 1. The molecule has 0 aliphatic carbocycles. The van der Waals surface area contributed by atoms with Crippen LogP contribution < -0.4 is 9.47 Å². The third kappa shape index (κ3) is 4.66. The van der Waals surface area contributed by atoms with Crippen molar-refractivity contribution in [1.82, 2.24) is 4.90 Å². The monoisotopic (exact) mass is 371 g/mol. The maximum Gasteiger partial charge on any atom is 0.387 e. The number of hydrogen-bond donors (Lipinski definition) is 1. The van der Waals surface area contributed by atoms with E-state index in [-0.39, 0.29) is 33.7 Å². The van der Waals surface area contributed by atoms with Crippen molar-refractivity contribution >= 4 is 23.2 Å². The van der Waals surface area contributed by atoms with Crippen LogP contribution in [0.15, 0.2) is 30.3 Å². The van der Waals surface area contributed by atoms with Crippen LogP contribution in [-0.2, 0) is 6.54 Å². The molecule has 0 radical (unpaired) electrons. The van der Waals surface area contributed by atoms with Gasteiger partial charge >= 0.3 is 12.6 Å². The molecule has 0 aliphatic rings. The van der Waals surface area contributed by atoms with Crippen LogP contribution in [-0.4, -0.2) is 42.7 Å². The summed E-state index contributed by atoms with van der Waals surface area (Å²) >= 11 is 0.871. The van der Waals surface area contributed by atoms with E-state index in [9.17, 15) is 18.4 Å². The minimum Gasteiger partial charge on any atom is -0.493 e. The summed E-state index contributed by atoms with van der Waals surface area (Å²) in [5.41, 5.74) is 0.558. The number of halogens is 2. The van der Waals surface area contributed by atoms with Crippen LogP contribution in [0.1, 0.15) is 24.9 Å². The van der Waals surface area contributed by atoms with Gasteiger partial charge < -0.3 is 19.5 Å². The molecular formula is C16H15F2NO5S. The van der Waals surface area contributed by atoms with E-state index in [0.717, 1.165) is 11.3 Å². The number of nitrogens with zero attached hydrogens (tertiary/aromatic N) is 1. The highest BCUT2D eigenvalue weighted by atomic mass is 32.1. The van der Waals surface area contributed by atoms with E-state index in [4.69, 9.17) is 9.84 Å². The number of rotatable bonds is 7. The van der Waals surface area contributed by atoms with Crippen LogP contribution in [0.3, 0.4) is 0 Å². The Balaban J connectivity index is 2.14. The van der Waals surface area contributed by atoms with Crippen molar-refractivity contribution in [3.05, 3.63) is 45.6 Å². The lowest BCUT2D eigenvalue weighted by Crippen LogP contribution is -2.25. The molecule has 0 atom stereocenters. The predicted molar refractivity (Wildman–Crippen MR) is 86.7 cm³/mol. The molecule has 2 aromatic rings. The lowest BCUT2D eigenvalue weighted by molar-refractivity contribution is -0.0512. The minimum absolute atomic E-state index is 0.0637. The van der Waals surface area contributed by atoms with E-state index in [1.54, 1.807) is 6.07 Å². The van der Waals surface area contributed by atoms with E-state index in [0.29, 0.717) is 5.56 Å². The Hall–Kier alpha value is -2.68. The molecule has 1 aromatic carbocycles. The molecule has 0 saturated carbocycles. The maximum absolute atomic E-state index is 12.5. The van der Waals surface area contributed by atoms with Crippen molar-refractivity contribution < 1.29 is 33.0 Å². The summed E-state index contributed by atoms with van der Waals surface area (Å²) in [5.74, 6) is -1.44. The number of benzene rings is 1. The first-order valence-electron chi connectivity index (χ1n) is 7.02. The van der Waals surface area contributed by atoms with Gasteiger partial charge in [0.2, 0.25) is 0 Å². The molecule has 1 aromatic heterocycles. The SMILES string of the molecule is COc1ccc(CN(C)C(=O)c2ccc(C(=O)O)s2)cc1OC(F)F. The number of amides is 1. The van der Waals surface area contributed by atoms with Gasteiger partial charge in [-0.25, -0.2) is 4.79 Å². The van der Waals surface area contributed by atoms with Gasteiger partial charge in [0.05, 0.1) is 12.0 Å². The van der Waals surface area contributed by atoms with Gasteiger partial charge in [-0.05, 0) is 29.8 Å². The lowest BCUT2D eigenvalue weighted by atomic mass is 10.2. The number of carbonyl (C=O) groups is 2. The van der Waals surface area contributed by atoms with Gasteiger partial charge in [-0.1, -0.05) is 6.07 Å². The van der Waals surface area contributed by atoms with Gasteiger partial charge in [-0.2, -0.15) is 8.78 Å². The number of ether oxygens (including phenoxy) is 2. The summed E-state index contributed by atoms with van der Waals surface area (Å²) in [5, 5.41) is 8.90. The Morgan fingerprint density at radius 2 is 1.88 bits per heavy atom. The zero-order valence-corrected chi connectivity index (χ0v) is 14.2. The van der Waals surface area contributed by atoms with Crippen LogP contribution in [0.5, 0.6) is 11.5 Å². The van der Waals surface area contributed by atoms with Crippen molar-refractivity contribution in [2.24, 2.45) is 0 Å². The van der Waals surface area contributed by atoms with Crippen LogP contribution in [0, 0.1) is 0 Å². The zero-order valence-electron chi connectivity index (χ0n) is 13.4. The molecule has 9 heteroatoms. The molecule has 25 heavy (non-hydrogen) atoms. The molecular weight excluding hydrogens is 356 g/mol. The normalized spacial score (nSPS) is 10.6. The predicted octanol–water partition coefficient (Wildman–Crippen LogP) is 3.33. The average molecular weight is 371 g/mol. The fourth-order valence-corrected chi connectivity index (χ4v) is 2.95. The summed E-state index contributed by atoms with van der Waals surface area (Å²) in [6.45, 7) is -2.87. The second kappa shape index (κ2) is 7.93. The van der Waals surface area contributed by atoms with Crippen molar-refractivity contribution in [3.8, 4) is 11.5 Å². The summed E-state index contributed by atoms with van der Waals surface area (Å²) in [6, 6.07) is 7.26. The number of alkyl halides is 2. The second-order valence-electron chi connectivity index (χ2n) is 4.99. The molecule has 2 rings (SSSR count). The number of thiophene rings is 1. The standard InChI is InChI=1S/C16H15F2NO5S/c1-19(14(20)12-5-6-13(25-12)15(21)22)8-9-3-4-10(23-2)11(7-9)24-16(17)18/h3-7,16H,8H2,1-2H3,(H,21,22). The third-order valence-electron chi connectivity index (χ3n) is 3.24. The Morgan fingerprint density at radius 3 is 2.44 bits per heavy atom. The van der Waals surface area contributed by atoms with Gasteiger partial charge in [-0.15, -0.1) is 11.3 Å². The third-order valence-corrected chi connectivity index (χ3v) is 4.30. The van der Waals surface area contributed by atoms with Crippen LogP contribution >= 0.6 is 11.3 Å².